The highest BCUT2D eigenvalue weighted by Crippen LogP contribution is 2.25. The minimum atomic E-state index is -0.377. The van der Waals surface area contributed by atoms with Gasteiger partial charge in [0.1, 0.15) is 12.4 Å². The third kappa shape index (κ3) is 6.85. The summed E-state index contributed by atoms with van der Waals surface area (Å²) in [4.78, 5) is 21.2. The first-order valence-corrected chi connectivity index (χ1v) is 11.7. The second-order valence-corrected chi connectivity index (χ2v) is 8.63. The minimum absolute atomic E-state index is 0.0532. The third-order valence-corrected chi connectivity index (χ3v) is 6.04. The predicted octanol–water partition coefficient (Wildman–Crippen LogP) is 3.37. The zero-order chi connectivity index (χ0) is 23.8. The quantitative estimate of drug-likeness (QED) is 0.529. The van der Waals surface area contributed by atoms with E-state index in [9.17, 15) is 9.18 Å². The predicted molar refractivity (Wildman–Crippen MR) is 131 cm³/mol. The third-order valence-electron chi connectivity index (χ3n) is 6.04. The highest BCUT2D eigenvalue weighted by atomic mass is 19.1. The van der Waals surface area contributed by atoms with Crippen molar-refractivity contribution in [1.29, 1.82) is 0 Å². The summed E-state index contributed by atoms with van der Waals surface area (Å²) in [6.07, 6.45) is 1.77. The molecule has 1 aromatic heterocycles. The molecular formula is C27H31FN4O2. The van der Waals surface area contributed by atoms with Gasteiger partial charge in [0.25, 0.3) is 0 Å². The Bertz CT molecular complexity index is 1070. The van der Waals surface area contributed by atoms with Crippen molar-refractivity contribution in [2.75, 3.05) is 46.4 Å². The molecule has 1 N–H and O–H groups in total. The molecule has 1 fully saturated rings. The van der Waals surface area contributed by atoms with Gasteiger partial charge in [-0.15, -0.1) is 0 Å². The molecule has 4 rings (SSSR count). The number of nitrogens with one attached hydrogen (secondary N) is 1. The summed E-state index contributed by atoms with van der Waals surface area (Å²) in [7, 11) is 2.12. The molecule has 2 heterocycles. The summed E-state index contributed by atoms with van der Waals surface area (Å²) < 4.78 is 20.4. The molecule has 1 saturated heterocycles. The Morgan fingerprint density at radius 1 is 1.03 bits per heavy atom. The summed E-state index contributed by atoms with van der Waals surface area (Å²) >= 11 is 0. The summed E-state index contributed by atoms with van der Waals surface area (Å²) in [6, 6.07) is 18.4. The maximum absolute atomic E-state index is 14.7. The number of pyridine rings is 1. The standard InChI is InChI=1S/C27H31FN4O2/c1-31-11-13-32(14-12-31)15-16-34-27-18-25(28)24(20-30-27)23-9-7-21(8-10-23)17-26(33)29-19-22-5-3-2-4-6-22/h2-10,18,20H,11-17,19H2,1H3,(H,29,33). The summed E-state index contributed by atoms with van der Waals surface area (Å²) in [5, 5.41) is 2.92. The van der Waals surface area contributed by atoms with Gasteiger partial charge in [-0.1, -0.05) is 54.6 Å². The average Bonchev–Trinajstić information content (AvgIpc) is 2.85. The zero-order valence-corrected chi connectivity index (χ0v) is 19.5. The molecule has 0 atom stereocenters. The van der Waals surface area contributed by atoms with Crippen molar-refractivity contribution >= 4 is 5.91 Å². The number of nitrogens with zero attached hydrogens (tertiary/aromatic N) is 3. The van der Waals surface area contributed by atoms with Gasteiger partial charge in [0.2, 0.25) is 11.8 Å². The molecule has 178 valence electrons. The molecule has 0 bridgehead atoms. The van der Waals surface area contributed by atoms with E-state index in [0.29, 0.717) is 30.2 Å². The molecule has 0 aliphatic carbocycles. The van der Waals surface area contributed by atoms with Gasteiger partial charge in [-0.3, -0.25) is 9.69 Å². The van der Waals surface area contributed by atoms with Crippen molar-refractivity contribution in [3.8, 4) is 17.0 Å². The summed E-state index contributed by atoms with van der Waals surface area (Å²) in [6.45, 7) is 5.93. The largest absolute Gasteiger partial charge is 0.476 e. The number of piperazine rings is 1. The van der Waals surface area contributed by atoms with Crippen LogP contribution >= 0.6 is 0 Å². The van der Waals surface area contributed by atoms with E-state index in [0.717, 1.165) is 43.9 Å². The lowest BCUT2D eigenvalue weighted by atomic mass is 10.0. The molecule has 1 aliphatic heterocycles. The number of likely N-dealkylation sites (N-methyl/N-ethyl adjacent to an activating group) is 1. The van der Waals surface area contributed by atoms with E-state index in [-0.39, 0.29) is 18.1 Å². The lowest BCUT2D eigenvalue weighted by molar-refractivity contribution is -0.120. The molecule has 0 unspecified atom stereocenters. The molecule has 0 spiro atoms. The van der Waals surface area contributed by atoms with Crippen molar-refractivity contribution in [2.45, 2.75) is 13.0 Å². The van der Waals surface area contributed by atoms with Crippen LogP contribution in [0.4, 0.5) is 4.39 Å². The number of rotatable bonds is 9. The van der Waals surface area contributed by atoms with Crippen molar-refractivity contribution < 1.29 is 13.9 Å². The number of carbonyl (C=O) groups excluding carboxylic acids is 1. The van der Waals surface area contributed by atoms with Crippen LogP contribution in [0.1, 0.15) is 11.1 Å². The van der Waals surface area contributed by atoms with Gasteiger partial charge in [-0.05, 0) is 23.7 Å². The lowest BCUT2D eigenvalue weighted by Gasteiger charge is -2.32. The maximum atomic E-state index is 14.7. The summed E-state index contributed by atoms with van der Waals surface area (Å²) in [5.41, 5.74) is 3.04. The van der Waals surface area contributed by atoms with Crippen molar-refractivity contribution in [3.63, 3.8) is 0 Å². The Kier molecular flexibility index (Phi) is 8.22. The first kappa shape index (κ1) is 23.9. The van der Waals surface area contributed by atoms with Gasteiger partial charge in [-0.2, -0.15) is 0 Å². The van der Waals surface area contributed by atoms with E-state index < -0.39 is 0 Å². The van der Waals surface area contributed by atoms with Crippen LogP contribution < -0.4 is 10.1 Å². The van der Waals surface area contributed by atoms with Crippen LogP contribution in [0.15, 0.2) is 66.9 Å². The zero-order valence-electron chi connectivity index (χ0n) is 19.5. The van der Waals surface area contributed by atoms with Gasteiger partial charge < -0.3 is 15.0 Å². The van der Waals surface area contributed by atoms with E-state index in [1.54, 1.807) is 0 Å². The molecule has 1 aliphatic rings. The Morgan fingerprint density at radius 2 is 1.76 bits per heavy atom. The lowest BCUT2D eigenvalue weighted by Crippen LogP contribution is -2.45. The molecule has 2 aromatic carbocycles. The van der Waals surface area contributed by atoms with Gasteiger partial charge in [0.05, 0.1) is 6.42 Å². The fourth-order valence-electron chi connectivity index (χ4n) is 3.90. The van der Waals surface area contributed by atoms with E-state index in [1.165, 1.54) is 12.3 Å². The van der Waals surface area contributed by atoms with Crippen molar-refractivity contribution in [1.82, 2.24) is 20.1 Å². The van der Waals surface area contributed by atoms with Gasteiger partial charge in [0.15, 0.2) is 0 Å². The number of hydrogen-bond donors (Lipinski definition) is 1. The highest BCUT2D eigenvalue weighted by molar-refractivity contribution is 5.78. The second kappa shape index (κ2) is 11.7. The molecule has 3 aromatic rings. The van der Waals surface area contributed by atoms with E-state index >= 15 is 0 Å². The molecule has 1 amide bonds. The Morgan fingerprint density at radius 3 is 2.47 bits per heavy atom. The first-order valence-electron chi connectivity index (χ1n) is 11.7. The minimum Gasteiger partial charge on any atom is -0.476 e. The van der Waals surface area contributed by atoms with E-state index in [2.05, 4.69) is 27.1 Å². The Balaban J connectivity index is 1.26. The Hall–Kier alpha value is -3.29. The maximum Gasteiger partial charge on any atom is 0.224 e. The summed E-state index contributed by atoms with van der Waals surface area (Å²) in [5.74, 6) is -0.137. The van der Waals surface area contributed by atoms with E-state index in [1.807, 2.05) is 54.6 Å². The molecule has 7 heteroatoms. The van der Waals surface area contributed by atoms with Crippen LogP contribution in [0.5, 0.6) is 5.88 Å². The molecule has 0 radical (unpaired) electrons. The topological polar surface area (TPSA) is 57.7 Å². The van der Waals surface area contributed by atoms with Crippen molar-refractivity contribution in [2.24, 2.45) is 0 Å². The van der Waals surface area contributed by atoms with Crippen molar-refractivity contribution in [3.05, 3.63) is 83.8 Å². The van der Waals surface area contributed by atoms with E-state index in [4.69, 9.17) is 4.74 Å². The monoisotopic (exact) mass is 462 g/mol. The number of amides is 1. The van der Waals surface area contributed by atoms with Gasteiger partial charge in [-0.25, -0.2) is 9.37 Å². The number of carbonyl (C=O) groups is 1. The molecule has 6 nitrogen and oxygen atoms in total. The van der Waals surface area contributed by atoms with Gasteiger partial charge in [0, 0.05) is 57.1 Å². The average molecular weight is 463 g/mol. The molecule has 0 saturated carbocycles. The van der Waals surface area contributed by atoms with Gasteiger partial charge >= 0.3 is 0 Å². The fraction of sp³-hybridized carbons (Fsp3) is 0.333. The van der Waals surface area contributed by atoms with Crippen LogP contribution in [0.3, 0.4) is 0 Å². The van der Waals surface area contributed by atoms with Crippen LogP contribution in [0, 0.1) is 5.82 Å². The number of hydrogen-bond acceptors (Lipinski definition) is 5. The molecule has 34 heavy (non-hydrogen) atoms. The second-order valence-electron chi connectivity index (χ2n) is 8.63. The Labute approximate surface area is 200 Å². The van der Waals surface area contributed by atoms with Crippen LogP contribution in [-0.4, -0.2) is 67.1 Å². The number of aromatic nitrogens is 1. The number of halogens is 1. The van der Waals surface area contributed by atoms with Crippen LogP contribution in [0.2, 0.25) is 0 Å². The number of benzene rings is 2. The SMILES string of the molecule is CN1CCN(CCOc2cc(F)c(-c3ccc(CC(=O)NCc4ccccc4)cc3)cn2)CC1. The first-order chi connectivity index (χ1) is 16.6. The van der Waals surface area contributed by atoms with Crippen LogP contribution in [-0.2, 0) is 17.8 Å². The smallest absolute Gasteiger partial charge is 0.224 e. The highest BCUT2D eigenvalue weighted by Gasteiger charge is 2.14. The number of ether oxygens (including phenoxy) is 1. The normalized spacial score (nSPS) is 14.6. The molecular weight excluding hydrogens is 431 g/mol. The fourth-order valence-corrected chi connectivity index (χ4v) is 3.90. The van der Waals surface area contributed by atoms with Crippen LogP contribution in [0.25, 0.3) is 11.1 Å².